The summed E-state index contributed by atoms with van der Waals surface area (Å²) in [4.78, 5) is 2.01. The third-order valence-corrected chi connectivity index (χ3v) is 3.06. The van der Waals surface area contributed by atoms with Gasteiger partial charge in [-0.2, -0.15) is 0 Å². The lowest BCUT2D eigenvalue weighted by Crippen LogP contribution is -2.19. The molecular weight excluding hydrogens is 255 g/mol. The molecule has 106 valence electrons. The first-order chi connectivity index (χ1) is 9.56. The van der Waals surface area contributed by atoms with Crippen LogP contribution in [-0.2, 0) is 0 Å². The second-order valence-electron chi connectivity index (χ2n) is 4.86. The molecule has 2 aromatic rings. The number of halogens is 1. The van der Waals surface area contributed by atoms with Crippen LogP contribution in [0.4, 0.5) is 10.1 Å². The number of nitrogens with two attached hydrogens (primary N) is 1. The van der Waals surface area contributed by atoms with E-state index in [0.29, 0.717) is 6.61 Å². The molecule has 0 aliphatic rings. The van der Waals surface area contributed by atoms with Crippen LogP contribution in [0, 0.1) is 5.82 Å². The molecule has 0 bridgehead atoms. The molecule has 0 radical (unpaired) electrons. The predicted molar refractivity (Wildman–Crippen MR) is 79.6 cm³/mol. The van der Waals surface area contributed by atoms with E-state index in [2.05, 4.69) is 0 Å². The minimum atomic E-state index is -0.279. The fourth-order valence-corrected chi connectivity index (χ4v) is 1.84. The summed E-state index contributed by atoms with van der Waals surface area (Å²) in [5, 5.41) is 0. The third-order valence-electron chi connectivity index (χ3n) is 3.06. The molecule has 0 aliphatic heterocycles. The van der Waals surface area contributed by atoms with E-state index in [-0.39, 0.29) is 11.9 Å². The monoisotopic (exact) mass is 274 g/mol. The van der Waals surface area contributed by atoms with Crippen molar-refractivity contribution >= 4 is 5.69 Å². The van der Waals surface area contributed by atoms with Gasteiger partial charge >= 0.3 is 0 Å². The van der Waals surface area contributed by atoms with Crippen molar-refractivity contribution in [2.75, 3.05) is 25.6 Å². The van der Waals surface area contributed by atoms with Crippen molar-refractivity contribution in [2.24, 2.45) is 5.73 Å². The molecule has 0 saturated carbocycles. The van der Waals surface area contributed by atoms with Gasteiger partial charge in [-0.25, -0.2) is 4.39 Å². The Morgan fingerprint density at radius 1 is 1.15 bits per heavy atom. The van der Waals surface area contributed by atoms with Crippen LogP contribution < -0.4 is 15.4 Å². The average molecular weight is 274 g/mol. The zero-order valence-electron chi connectivity index (χ0n) is 11.7. The minimum Gasteiger partial charge on any atom is -0.492 e. The van der Waals surface area contributed by atoms with Crippen LogP contribution in [0.3, 0.4) is 0 Å². The number of anilines is 1. The molecule has 1 atom stereocenters. The number of rotatable bonds is 5. The van der Waals surface area contributed by atoms with E-state index in [4.69, 9.17) is 10.5 Å². The van der Waals surface area contributed by atoms with Crippen molar-refractivity contribution in [1.29, 1.82) is 0 Å². The van der Waals surface area contributed by atoms with Crippen molar-refractivity contribution in [3.63, 3.8) is 0 Å². The van der Waals surface area contributed by atoms with Gasteiger partial charge in [0.2, 0.25) is 0 Å². The fourth-order valence-electron chi connectivity index (χ4n) is 1.84. The van der Waals surface area contributed by atoms with E-state index in [1.165, 1.54) is 12.1 Å². The van der Waals surface area contributed by atoms with Gasteiger partial charge in [-0.05, 0) is 29.8 Å². The highest BCUT2D eigenvalue weighted by molar-refractivity contribution is 5.49. The van der Waals surface area contributed by atoms with E-state index in [0.717, 1.165) is 17.0 Å². The number of ether oxygens (including phenoxy) is 1. The molecular formula is C16H19FN2O. The Hall–Kier alpha value is -2.07. The van der Waals surface area contributed by atoms with Crippen LogP contribution in [0.1, 0.15) is 11.6 Å². The Kier molecular flexibility index (Phi) is 4.58. The molecule has 20 heavy (non-hydrogen) atoms. The molecule has 1 unspecified atom stereocenters. The molecule has 2 aromatic carbocycles. The Balaban J connectivity index is 1.97. The highest BCUT2D eigenvalue weighted by atomic mass is 19.1. The molecule has 4 heteroatoms. The summed E-state index contributed by atoms with van der Waals surface area (Å²) in [5.74, 6) is 0.509. The van der Waals surface area contributed by atoms with Crippen LogP contribution >= 0.6 is 0 Å². The first kappa shape index (κ1) is 14.3. The Morgan fingerprint density at radius 3 is 2.50 bits per heavy atom. The molecule has 0 heterocycles. The first-order valence-electron chi connectivity index (χ1n) is 6.47. The van der Waals surface area contributed by atoms with Gasteiger partial charge in [0.1, 0.15) is 18.2 Å². The summed E-state index contributed by atoms with van der Waals surface area (Å²) in [7, 11) is 3.95. The topological polar surface area (TPSA) is 38.5 Å². The lowest BCUT2D eigenvalue weighted by Gasteiger charge is -2.16. The predicted octanol–water partition coefficient (Wildman–Crippen LogP) is 2.97. The smallest absolute Gasteiger partial charge is 0.123 e. The highest BCUT2D eigenvalue weighted by Crippen LogP contribution is 2.20. The summed E-state index contributed by atoms with van der Waals surface area (Å²) in [6.07, 6.45) is 0. The summed E-state index contributed by atoms with van der Waals surface area (Å²) >= 11 is 0. The van der Waals surface area contributed by atoms with Crippen molar-refractivity contribution < 1.29 is 9.13 Å². The van der Waals surface area contributed by atoms with Crippen LogP contribution in [-0.4, -0.2) is 20.7 Å². The largest absolute Gasteiger partial charge is 0.492 e. The van der Waals surface area contributed by atoms with Crippen molar-refractivity contribution in [2.45, 2.75) is 6.04 Å². The molecule has 0 fully saturated rings. The van der Waals surface area contributed by atoms with Crippen LogP contribution in [0.5, 0.6) is 5.75 Å². The number of hydrogen-bond acceptors (Lipinski definition) is 3. The van der Waals surface area contributed by atoms with Crippen molar-refractivity contribution in [3.05, 3.63) is 59.9 Å². The number of nitrogens with zero attached hydrogens (tertiary/aromatic N) is 1. The first-order valence-corrected chi connectivity index (χ1v) is 6.47. The maximum absolute atomic E-state index is 12.8. The van der Waals surface area contributed by atoms with Crippen molar-refractivity contribution in [3.8, 4) is 5.75 Å². The van der Waals surface area contributed by atoms with E-state index < -0.39 is 0 Å². The van der Waals surface area contributed by atoms with Gasteiger partial charge in [0.25, 0.3) is 0 Å². The molecule has 0 aromatic heterocycles. The van der Waals surface area contributed by atoms with Crippen LogP contribution in [0.2, 0.25) is 0 Å². The summed E-state index contributed by atoms with van der Waals surface area (Å²) < 4.78 is 18.5. The summed E-state index contributed by atoms with van der Waals surface area (Å²) in [6, 6.07) is 13.7. The molecule has 0 aliphatic carbocycles. The molecule has 0 saturated heterocycles. The molecule has 2 N–H and O–H groups in total. The minimum absolute atomic E-state index is 0.263. The van der Waals surface area contributed by atoms with E-state index >= 15 is 0 Å². The van der Waals surface area contributed by atoms with E-state index in [9.17, 15) is 4.39 Å². The van der Waals surface area contributed by atoms with Crippen molar-refractivity contribution in [1.82, 2.24) is 0 Å². The Morgan fingerprint density at radius 2 is 1.85 bits per heavy atom. The Labute approximate surface area is 118 Å². The van der Waals surface area contributed by atoms with E-state index in [1.807, 2.05) is 43.3 Å². The molecule has 0 amide bonds. The molecule has 0 spiro atoms. The number of benzene rings is 2. The van der Waals surface area contributed by atoms with Crippen LogP contribution in [0.25, 0.3) is 0 Å². The SMILES string of the molecule is CN(C)c1cccc(OCC(N)c2ccc(F)cc2)c1. The average Bonchev–Trinajstić information content (AvgIpc) is 2.46. The summed E-state index contributed by atoms with van der Waals surface area (Å²) in [6.45, 7) is 0.350. The quantitative estimate of drug-likeness (QED) is 0.911. The van der Waals surface area contributed by atoms with Gasteiger partial charge in [0, 0.05) is 25.8 Å². The van der Waals surface area contributed by atoms with Gasteiger partial charge < -0.3 is 15.4 Å². The van der Waals surface area contributed by atoms with Gasteiger partial charge in [-0.3, -0.25) is 0 Å². The lowest BCUT2D eigenvalue weighted by atomic mass is 10.1. The maximum Gasteiger partial charge on any atom is 0.123 e. The van der Waals surface area contributed by atoms with Gasteiger partial charge in [-0.1, -0.05) is 18.2 Å². The zero-order valence-corrected chi connectivity index (χ0v) is 11.7. The lowest BCUT2D eigenvalue weighted by molar-refractivity contribution is 0.290. The Bertz CT molecular complexity index is 555. The normalized spacial score (nSPS) is 12.0. The van der Waals surface area contributed by atoms with Gasteiger partial charge in [0.15, 0.2) is 0 Å². The fraction of sp³-hybridized carbons (Fsp3) is 0.250. The zero-order chi connectivity index (χ0) is 14.5. The summed E-state index contributed by atoms with van der Waals surface area (Å²) in [5.41, 5.74) is 7.96. The molecule has 3 nitrogen and oxygen atoms in total. The van der Waals surface area contributed by atoms with E-state index in [1.54, 1.807) is 12.1 Å². The second-order valence-corrected chi connectivity index (χ2v) is 4.86. The third kappa shape index (κ3) is 3.71. The molecule has 2 rings (SSSR count). The second kappa shape index (κ2) is 6.39. The van der Waals surface area contributed by atoms with Gasteiger partial charge in [0.05, 0.1) is 6.04 Å². The highest BCUT2D eigenvalue weighted by Gasteiger charge is 2.07. The number of hydrogen-bond donors (Lipinski definition) is 1. The maximum atomic E-state index is 12.8. The van der Waals surface area contributed by atoms with Crippen LogP contribution in [0.15, 0.2) is 48.5 Å². The standard InChI is InChI=1S/C16H19FN2O/c1-19(2)14-4-3-5-15(10-14)20-11-16(18)12-6-8-13(17)9-7-12/h3-10,16H,11,18H2,1-2H3. The van der Waals surface area contributed by atoms with Gasteiger partial charge in [-0.15, -0.1) is 0 Å².